The van der Waals surface area contributed by atoms with Crippen molar-refractivity contribution in [3.05, 3.63) is 65.2 Å². The predicted octanol–water partition coefficient (Wildman–Crippen LogP) is 3.65. The van der Waals surface area contributed by atoms with Gasteiger partial charge in [0.15, 0.2) is 20.2 Å². The first kappa shape index (κ1) is 16.8. The highest BCUT2D eigenvalue weighted by Crippen LogP contribution is 2.26. The van der Waals surface area contributed by atoms with Crippen LogP contribution in [0.25, 0.3) is 0 Å². The van der Waals surface area contributed by atoms with Gasteiger partial charge >= 0.3 is 0 Å². The molecule has 0 bridgehead atoms. The third-order valence-corrected chi connectivity index (χ3v) is 7.08. The summed E-state index contributed by atoms with van der Waals surface area (Å²) >= 11 is 1.05. The van der Waals surface area contributed by atoms with Crippen molar-refractivity contribution in [2.24, 2.45) is 0 Å². The number of benzene rings is 2. The summed E-state index contributed by atoms with van der Waals surface area (Å²) in [5.74, 6) is -0.381. The number of hydrogen-bond acceptors (Lipinski definition) is 4. The van der Waals surface area contributed by atoms with E-state index in [1.54, 1.807) is 42.7 Å². The first-order valence-electron chi connectivity index (χ1n) is 6.80. The van der Waals surface area contributed by atoms with E-state index in [0.717, 1.165) is 22.9 Å². The topological polar surface area (TPSA) is 51.2 Å². The average molecular weight is 334 g/mol. The van der Waals surface area contributed by atoms with Gasteiger partial charge in [-0.15, -0.1) is 11.8 Å². The van der Waals surface area contributed by atoms with E-state index in [1.807, 2.05) is 26.0 Å². The molecule has 0 amide bonds. The zero-order chi connectivity index (χ0) is 16.3. The van der Waals surface area contributed by atoms with Crippen molar-refractivity contribution in [1.82, 2.24) is 0 Å². The van der Waals surface area contributed by atoms with Gasteiger partial charge < -0.3 is 0 Å². The Hall–Kier alpha value is -1.59. The Balaban J connectivity index is 2.40. The van der Waals surface area contributed by atoms with Crippen LogP contribution in [0.5, 0.6) is 0 Å². The van der Waals surface area contributed by atoms with Crippen LogP contribution in [0.1, 0.15) is 21.5 Å². The van der Waals surface area contributed by atoms with Crippen molar-refractivity contribution in [2.75, 3.05) is 6.26 Å². The van der Waals surface area contributed by atoms with E-state index >= 15 is 0 Å². The molecular weight excluding hydrogens is 316 g/mol. The highest BCUT2D eigenvalue weighted by Gasteiger charge is 2.33. The van der Waals surface area contributed by atoms with Crippen LogP contribution in [0, 0.1) is 13.8 Å². The summed E-state index contributed by atoms with van der Waals surface area (Å²) in [7, 11) is -3.71. The van der Waals surface area contributed by atoms with Gasteiger partial charge in [0.25, 0.3) is 0 Å². The summed E-state index contributed by atoms with van der Waals surface area (Å²) in [5.41, 5.74) is 2.42. The zero-order valence-electron chi connectivity index (χ0n) is 12.7. The number of thioether (sulfide) groups is 1. The van der Waals surface area contributed by atoms with E-state index in [0.29, 0.717) is 5.56 Å². The molecular formula is C17H18O3S2. The molecule has 0 fully saturated rings. The van der Waals surface area contributed by atoms with Crippen LogP contribution in [-0.2, 0) is 9.84 Å². The minimum absolute atomic E-state index is 0.179. The molecule has 3 nitrogen and oxygen atoms in total. The molecule has 2 rings (SSSR count). The largest absolute Gasteiger partial charge is 0.292 e. The first-order chi connectivity index (χ1) is 10.4. The number of carbonyl (C=O) groups excluding carboxylic acids is 1. The summed E-state index contributed by atoms with van der Waals surface area (Å²) in [6.45, 7) is 3.81. The van der Waals surface area contributed by atoms with Gasteiger partial charge in [0.2, 0.25) is 0 Å². The fourth-order valence-corrected chi connectivity index (χ4v) is 4.96. The number of hydrogen-bond donors (Lipinski definition) is 0. The lowest BCUT2D eigenvalue weighted by Crippen LogP contribution is -2.27. The van der Waals surface area contributed by atoms with Gasteiger partial charge in [-0.3, -0.25) is 4.79 Å². The van der Waals surface area contributed by atoms with Crippen molar-refractivity contribution in [3.8, 4) is 0 Å². The van der Waals surface area contributed by atoms with Crippen LogP contribution in [0.15, 0.2) is 53.4 Å². The van der Waals surface area contributed by atoms with Crippen molar-refractivity contribution >= 4 is 27.4 Å². The lowest BCUT2D eigenvalue weighted by atomic mass is 10.1. The minimum Gasteiger partial charge on any atom is -0.292 e. The molecule has 0 aliphatic rings. The Morgan fingerprint density at radius 2 is 1.36 bits per heavy atom. The minimum atomic E-state index is -3.71. The average Bonchev–Trinajstić information content (AvgIpc) is 2.48. The van der Waals surface area contributed by atoms with Gasteiger partial charge in [-0.1, -0.05) is 47.5 Å². The molecule has 0 radical (unpaired) electrons. The van der Waals surface area contributed by atoms with Gasteiger partial charge in [-0.05, 0) is 32.2 Å². The van der Waals surface area contributed by atoms with E-state index in [-0.39, 0.29) is 10.7 Å². The second-order valence-electron chi connectivity index (χ2n) is 5.16. The number of aryl methyl sites for hydroxylation is 2. The Bertz CT molecular complexity index is 761. The van der Waals surface area contributed by atoms with Crippen molar-refractivity contribution in [3.63, 3.8) is 0 Å². The number of carbonyl (C=O) groups is 1. The molecule has 22 heavy (non-hydrogen) atoms. The molecule has 2 aromatic rings. The van der Waals surface area contributed by atoms with E-state index in [9.17, 15) is 13.2 Å². The highest BCUT2D eigenvalue weighted by atomic mass is 32.3. The highest BCUT2D eigenvalue weighted by molar-refractivity contribution is 8.14. The summed E-state index contributed by atoms with van der Waals surface area (Å²) in [6.07, 6.45) is 1.64. The van der Waals surface area contributed by atoms with Crippen LogP contribution in [0.3, 0.4) is 0 Å². The summed E-state index contributed by atoms with van der Waals surface area (Å²) in [5, 5.41) is 0. The fraction of sp³-hybridized carbons (Fsp3) is 0.235. The van der Waals surface area contributed by atoms with E-state index in [1.165, 1.54) is 0 Å². The molecule has 1 atom stereocenters. The quantitative estimate of drug-likeness (QED) is 0.783. The molecule has 116 valence electrons. The normalized spacial score (nSPS) is 12.9. The molecule has 2 aromatic carbocycles. The fourth-order valence-electron chi connectivity index (χ4n) is 2.08. The number of ketones is 1. The van der Waals surface area contributed by atoms with Crippen LogP contribution in [-0.4, -0.2) is 25.0 Å². The molecule has 0 spiro atoms. The number of rotatable bonds is 5. The van der Waals surface area contributed by atoms with Gasteiger partial charge in [0.05, 0.1) is 4.90 Å². The Morgan fingerprint density at radius 3 is 1.82 bits per heavy atom. The summed E-state index contributed by atoms with van der Waals surface area (Å²) in [4.78, 5) is 12.8. The van der Waals surface area contributed by atoms with Gasteiger partial charge in [0, 0.05) is 5.56 Å². The van der Waals surface area contributed by atoms with Crippen molar-refractivity contribution < 1.29 is 13.2 Å². The molecule has 0 N–H and O–H groups in total. The second kappa shape index (κ2) is 6.67. The smallest absolute Gasteiger partial charge is 0.198 e. The molecule has 0 heterocycles. The molecule has 1 unspecified atom stereocenters. The summed E-state index contributed by atoms with van der Waals surface area (Å²) < 4.78 is 24.3. The maximum absolute atomic E-state index is 12.7. The molecule has 0 aromatic heterocycles. The summed E-state index contributed by atoms with van der Waals surface area (Å²) in [6, 6.07) is 13.5. The maximum Gasteiger partial charge on any atom is 0.198 e. The second-order valence-corrected chi connectivity index (χ2v) is 8.43. The Morgan fingerprint density at radius 1 is 0.909 bits per heavy atom. The number of sulfone groups is 1. The van der Waals surface area contributed by atoms with E-state index < -0.39 is 14.4 Å². The van der Waals surface area contributed by atoms with Gasteiger partial charge in [-0.2, -0.15) is 0 Å². The van der Waals surface area contributed by atoms with Crippen LogP contribution < -0.4 is 0 Å². The first-order valence-corrected chi connectivity index (χ1v) is 9.64. The van der Waals surface area contributed by atoms with Gasteiger partial charge in [-0.25, -0.2) is 8.42 Å². The third kappa shape index (κ3) is 3.42. The zero-order valence-corrected chi connectivity index (χ0v) is 14.4. The van der Waals surface area contributed by atoms with Crippen LogP contribution in [0.4, 0.5) is 0 Å². The Kier molecular flexibility index (Phi) is 5.08. The molecule has 5 heteroatoms. The molecule has 0 saturated heterocycles. The van der Waals surface area contributed by atoms with Crippen molar-refractivity contribution in [1.29, 1.82) is 0 Å². The number of Topliss-reactive ketones (excluding diaryl/α,β-unsaturated/α-hetero) is 1. The molecule has 0 aliphatic carbocycles. The van der Waals surface area contributed by atoms with Crippen LogP contribution >= 0.6 is 11.8 Å². The maximum atomic E-state index is 12.7. The standard InChI is InChI=1S/C17H18O3S2/c1-12-4-8-14(9-5-12)16(18)17(21-3)22(19,20)15-10-6-13(2)7-11-15/h4-11,17H,1-3H3. The van der Waals surface area contributed by atoms with E-state index in [4.69, 9.17) is 0 Å². The molecule has 0 aliphatic heterocycles. The lowest BCUT2D eigenvalue weighted by Gasteiger charge is -2.15. The van der Waals surface area contributed by atoms with Gasteiger partial charge in [0.1, 0.15) is 0 Å². The predicted molar refractivity (Wildman–Crippen MR) is 91.2 cm³/mol. The SMILES string of the molecule is CSC(C(=O)c1ccc(C)cc1)S(=O)(=O)c1ccc(C)cc1. The monoisotopic (exact) mass is 334 g/mol. The van der Waals surface area contributed by atoms with Crippen molar-refractivity contribution in [2.45, 2.75) is 23.3 Å². The third-order valence-electron chi connectivity index (χ3n) is 3.40. The molecule has 0 saturated carbocycles. The van der Waals surface area contributed by atoms with E-state index in [2.05, 4.69) is 0 Å². The lowest BCUT2D eigenvalue weighted by molar-refractivity contribution is 0.101. The van der Waals surface area contributed by atoms with Crippen LogP contribution in [0.2, 0.25) is 0 Å². The Labute approximate surface area is 135 Å².